The highest BCUT2D eigenvalue weighted by molar-refractivity contribution is 7.21. The van der Waals surface area contributed by atoms with Gasteiger partial charge in [0.05, 0.1) is 12.1 Å². The van der Waals surface area contributed by atoms with Crippen LogP contribution in [0.25, 0.3) is 10.1 Å². The largest absolute Gasteiger partial charge is 0.497 e. The van der Waals surface area contributed by atoms with Gasteiger partial charge in [0.15, 0.2) is 0 Å². The minimum atomic E-state index is -0.269. The molecule has 7 heteroatoms. The second-order valence-corrected chi connectivity index (χ2v) is 8.03. The molecule has 0 radical (unpaired) electrons. The van der Waals surface area contributed by atoms with Crippen LogP contribution in [0.1, 0.15) is 9.67 Å². The number of hydrogen-bond donors (Lipinski definition) is 1. The van der Waals surface area contributed by atoms with Gasteiger partial charge in [-0.2, -0.15) is 0 Å². The predicted octanol–water partition coefficient (Wildman–Crippen LogP) is 6.27. The molecule has 0 aliphatic carbocycles. The van der Waals surface area contributed by atoms with Gasteiger partial charge in [-0.15, -0.1) is 11.3 Å². The molecule has 31 heavy (non-hydrogen) atoms. The fourth-order valence-electron chi connectivity index (χ4n) is 3.01. The zero-order valence-electron chi connectivity index (χ0n) is 16.8. The number of rotatable bonds is 8. The van der Waals surface area contributed by atoms with E-state index in [9.17, 15) is 4.79 Å². The van der Waals surface area contributed by atoms with Gasteiger partial charge in [0.25, 0.3) is 5.91 Å². The average molecular weight is 454 g/mol. The van der Waals surface area contributed by atoms with Crippen molar-refractivity contribution in [3.63, 3.8) is 0 Å². The predicted molar refractivity (Wildman–Crippen MR) is 125 cm³/mol. The first kappa shape index (κ1) is 21.0. The van der Waals surface area contributed by atoms with E-state index in [1.54, 1.807) is 19.2 Å². The van der Waals surface area contributed by atoms with Crippen molar-refractivity contribution >= 4 is 44.6 Å². The number of fused-ring (bicyclic) bond motifs is 1. The Balaban J connectivity index is 1.38. The van der Waals surface area contributed by atoms with E-state index in [2.05, 4.69) is 5.32 Å². The maximum atomic E-state index is 12.8. The Bertz CT molecular complexity index is 1190. The molecule has 1 N–H and O–H groups in total. The summed E-state index contributed by atoms with van der Waals surface area (Å²) in [5, 5.41) is 4.15. The fourth-order valence-corrected chi connectivity index (χ4v) is 4.45. The molecule has 4 rings (SSSR count). The number of carbonyl (C=O) groups is 1. The van der Waals surface area contributed by atoms with Crippen LogP contribution in [0, 0.1) is 0 Å². The quantitative estimate of drug-likeness (QED) is 0.319. The van der Waals surface area contributed by atoms with Crippen LogP contribution in [0.2, 0.25) is 5.02 Å². The molecule has 0 saturated carbocycles. The summed E-state index contributed by atoms with van der Waals surface area (Å²) in [5.41, 5.74) is 0.623. The highest BCUT2D eigenvalue weighted by Crippen LogP contribution is 2.37. The van der Waals surface area contributed by atoms with Gasteiger partial charge in [-0.1, -0.05) is 35.9 Å². The van der Waals surface area contributed by atoms with Crippen LogP contribution in [0.5, 0.6) is 17.2 Å². The second-order valence-electron chi connectivity index (χ2n) is 6.60. The number of halogens is 1. The highest BCUT2D eigenvalue weighted by atomic mass is 35.5. The van der Waals surface area contributed by atoms with Crippen molar-refractivity contribution in [2.45, 2.75) is 0 Å². The molecule has 0 aliphatic rings. The SMILES string of the molecule is COc1ccc2c(Cl)c(C(=O)Nc3cccc(OCCOc4ccccc4)c3)sc2c1. The summed E-state index contributed by atoms with van der Waals surface area (Å²) < 4.78 is 17.5. The molecule has 1 amide bonds. The van der Waals surface area contributed by atoms with Crippen molar-refractivity contribution in [2.24, 2.45) is 0 Å². The average Bonchev–Trinajstić information content (AvgIpc) is 3.13. The lowest BCUT2D eigenvalue weighted by atomic mass is 10.2. The summed E-state index contributed by atoms with van der Waals surface area (Å²) in [6.45, 7) is 0.803. The molecule has 3 aromatic carbocycles. The Labute approximate surface area is 189 Å². The van der Waals surface area contributed by atoms with Gasteiger partial charge in [0.2, 0.25) is 0 Å². The van der Waals surface area contributed by atoms with Crippen molar-refractivity contribution in [1.29, 1.82) is 0 Å². The standard InChI is InChI=1S/C24H20ClNO4S/c1-28-18-10-11-20-21(15-18)31-23(22(20)25)24(27)26-16-6-5-9-19(14-16)30-13-12-29-17-7-3-2-4-8-17/h2-11,14-15H,12-13H2,1H3,(H,26,27). The molecule has 0 bridgehead atoms. The van der Waals surface area contributed by atoms with Gasteiger partial charge >= 0.3 is 0 Å². The first-order valence-electron chi connectivity index (χ1n) is 9.62. The molecular weight excluding hydrogens is 434 g/mol. The van der Waals surface area contributed by atoms with Crippen molar-refractivity contribution in [2.75, 3.05) is 25.6 Å². The van der Waals surface area contributed by atoms with Crippen LogP contribution in [-0.4, -0.2) is 26.2 Å². The van der Waals surface area contributed by atoms with Crippen molar-refractivity contribution in [3.05, 3.63) is 82.7 Å². The third kappa shape index (κ3) is 5.10. The molecule has 158 valence electrons. The van der Waals surface area contributed by atoms with Crippen LogP contribution < -0.4 is 19.5 Å². The molecule has 1 heterocycles. The Morgan fingerprint density at radius 3 is 2.42 bits per heavy atom. The molecule has 0 fully saturated rings. The number of carbonyl (C=O) groups excluding carboxylic acids is 1. The maximum Gasteiger partial charge on any atom is 0.267 e. The van der Waals surface area contributed by atoms with Crippen molar-refractivity contribution in [3.8, 4) is 17.2 Å². The second kappa shape index (κ2) is 9.73. The topological polar surface area (TPSA) is 56.8 Å². The van der Waals surface area contributed by atoms with Gasteiger partial charge in [-0.25, -0.2) is 0 Å². The number of nitrogens with one attached hydrogen (secondary N) is 1. The zero-order chi connectivity index (χ0) is 21.6. The number of ether oxygens (including phenoxy) is 3. The third-order valence-electron chi connectivity index (χ3n) is 4.50. The van der Waals surface area contributed by atoms with E-state index in [1.807, 2.05) is 60.7 Å². The fraction of sp³-hybridized carbons (Fsp3) is 0.125. The Morgan fingerprint density at radius 1 is 0.903 bits per heavy atom. The molecular formula is C24H20ClNO4S. The van der Waals surface area contributed by atoms with Crippen LogP contribution in [0.4, 0.5) is 5.69 Å². The molecule has 0 unspecified atom stereocenters. The number of amides is 1. The summed E-state index contributed by atoms with van der Waals surface area (Å²) in [6.07, 6.45) is 0. The molecule has 0 spiro atoms. The van der Waals surface area contributed by atoms with E-state index in [4.69, 9.17) is 25.8 Å². The molecule has 0 aliphatic heterocycles. The third-order valence-corrected chi connectivity index (χ3v) is 6.15. The van der Waals surface area contributed by atoms with Crippen molar-refractivity contribution in [1.82, 2.24) is 0 Å². The van der Waals surface area contributed by atoms with Crippen LogP contribution in [0.3, 0.4) is 0 Å². The minimum Gasteiger partial charge on any atom is -0.497 e. The Kier molecular flexibility index (Phi) is 6.60. The van der Waals surface area contributed by atoms with E-state index >= 15 is 0 Å². The van der Waals surface area contributed by atoms with E-state index in [1.165, 1.54) is 11.3 Å². The van der Waals surface area contributed by atoms with Gasteiger partial charge in [0, 0.05) is 21.8 Å². The summed E-state index contributed by atoms with van der Waals surface area (Å²) >= 11 is 7.78. The van der Waals surface area contributed by atoms with E-state index in [0.29, 0.717) is 34.6 Å². The number of hydrogen-bond acceptors (Lipinski definition) is 5. The van der Waals surface area contributed by atoms with Crippen LogP contribution in [-0.2, 0) is 0 Å². The van der Waals surface area contributed by atoms with E-state index < -0.39 is 0 Å². The lowest BCUT2D eigenvalue weighted by Gasteiger charge is -2.10. The van der Waals surface area contributed by atoms with Crippen LogP contribution in [0.15, 0.2) is 72.8 Å². The van der Waals surface area contributed by atoms with Gasteiger partial charge < -0.3 is 19.5 Å². The maximum absolute atomic E-state index is 12.8. The number of para-hydroxylation sites is 1. The van der Waals surface area contributed by atoms with Gasteiger partial charge in [-0.05, 0) is 42.5 Å². The monoisotopic (exact) mass is 453 g/mol. The Morgan fingerprint density at radius 2 is 1.65 bits per heavy atom. The molecule has 0 saturated heterocycles. The smallest absolute Gasteiger partial charge is 0.267 e. The molecule has 1 aromatic heterocycles. The minimum absolute atomic E-state index is 0.269. The van der Waals surface area contributed by atoms with Crippen molar-refractivity contribution < 1.29 is 19.0 Å². The summed E-state index contributed by atoms with van der Waals surface area (Å²) in [7, 11) is 1.60. The lowest BCUT2D eigenvalue weighted by molar-refractivity contribution is 0.103. The summed E-state index contributed by atoms with van der Waals surface area (Å²) in [6, 6.07) is 22.3. The first-order chi connectivity index (χ1) is 15.1. The number of methoxy groups -OCH3 is 1. The van der Waals surface area contributed by atoms with E-state index in [-0.39, 0.29) is 5.91 Å². The Hall–Kier alpha value is -3.22. The lowest BCUT2D eigenvalue weighted by Crippen LogP contribution is -2.11. The van der Waals surface area contributed by atoms with Gasteiger partial charge in [0.1, 0.15) is 35.3 Å². The van der Waals surface area contributed by atoms with Gasteiger partial charge in [-0.3, -0.25) is 4.79 Å². The first-order valence-corrected chi connectivity index (χ1v) is 10.8. The number of anilines is 1. The molecule has 5 nitrogen and oxygen atoms in total. The highest BCUT2D eigenvalue weighted by Gasteiger charge is 2.18. The summed E-state index contributed by atoms with van der Waals surface area (Å²) in [4.78, 5) is 13.3. The number of thiophene rings is 1. The number of benzene rings is 3. The zero-order valence-corrected chi connectivity index (χ0v) is 18.3. The van der Waals surface area contributed by atoms with Crippen LogP contribution >= 0.6 is 22.9 Å². The summed E-state index contributed by atoms with van der Waals surface area (Å²) in [5.74, 6) is 1.89. The molecule has 0 atom stereocenters. The molecule has 4 aromatic rings. The van der Waals surface area contributed by atoms with E-state index in [0.717, 1.165) is 21.6 Å². The normalized spacial score (nSPS) is 10.6.